The number of carbonyl (C=O) groups excluding carboxylic acids is 1. The molecule has 1 aromatic rings. The number of nitrogens with zero attached hydrogens (tertiary/aromatic N) is 1. The number of thiocarbonyl (C=S) groups is 1. The Balaban J connectivity index is 2.51. The Morgan fingerprint density at radius 3 is 2.50 bits per heavy atom. The maximum atomic E-state index is 11.3. The van der Waals surface area contributed by atoms with Crippen LogP contribution >= 0.6 is 12.2 Å². The molecule has 0 fully saturated rings. The van der Waals surface area contributed by atoms with Gasteiger partial charge in [-0.2, -0.15) is 0 Å². The largest absolute Gasteiger partial charge is 0.358 e. The molecule has 0 heterocycles. The number of rotatable bonds is 6. The summed E-state index contributed by atoms with van der Waals surface area (Å²) in [6.07, 6.45) is 3.52. The van der Waals surface area contributed by atoms with E-state index in [-0.39, 0.29) is 12.5 Å². The van der Waals surface area contributed by atoms with Crippen LogP contribution in [-0.2, 0) is 11.2 Å². The molecule has 1 rings (SSSR count). The number of aryl methyl sites for hydroxylation is 1. The van der Waals surface area contributed by atoms with Crippen LogP contribution in [0, 0.1) is 0 Å². The molecular weight excluding hydrogens is 270 g/mol. The van der Waals surface area contributed by atoms with Crippen LogP contribution < -0.4 is 10.6 Å². The number of benzene rings is 1. The van der Waals surface area contributed by atoms with Gasteiger partial charge in [-0.1, -0.05) is 25.5 Å². The Hall–Kier alpha value is -1.62. The summed E-state index contributed by atoms with van der Waals surface area (Å²) in [7, 11) is 3.40. The molecule has 0 bridgehead atoms. The molecule has 20 heavy (non-hydrogen) atoms. The Labute approximate surface area is 126 Å². The Morgan fingerprint density at radius 1 is 1.30 bits per heavy atom. The second kappa shape index (κ2) is 8.53. The van der Waals surface area contributed by atoms with E-state index in [2.05, 4.69) is 29.7 Å². The number of carbonyl (C=O) groups is 1. The Bertz CT molecular complexity index is 445. The first kappa shape index (κ1) is 16.4. The van der Waals surface area contributed by atoms with Crippen LogP contribution in [0.15, 0.2) is 24.3 Å². The van der Waals surface area contributed by atoms with Crippen LogP contribution in [0.4, 0.5) is 5.69 Å². The minimum atomic E-state index is -0.0634. The second-order valence-electron chi connectivity index (χ2n) is 4.76. The van der Waals surface area contributed by atoms with Crippen molar-refractivity contribution in [1.29, 1.82) is 0 Å². The Morgan fingerprint density at radius 2 is 1.95 bits per heavy atom. The third-order valence-electron chi connectivity index (χ3n) is 3.03. The maximum Gasteiger partial charge on any atom is 0.239 e. The van der Waals surface area contributed by atoms with Gasteiger partial charge in [-0.15, -0.1) is 0 Å². The Kier molecular flexibility index (Phi) is 7.01. The molecule has 2 N–H and O–H groups in total. The van der Waals surface area contributed by atoms with Gasteiger partial charge in [-0.25, -0.2) is 0 Å². The normalized spacial score (nSPS) is 9.95. The van der Waals surface area contributed by atoms with Crippen molar-refractivity contribution in [2.24, 2.45) is 0 Å². The molecule has 0 aromatic heterocycles. The minimum Gasteiger partial charge on any atom is -0.358 e. The summed E-state index contributed by atoms with van der Waals surface area (Å²) in [6.45, 7) is 2.44. The van der Waals surface area contributed by atoms with Crippen LogP contribution in [0.3, 0.4) is 0 Å². The third kappa shape index (κ3) is 5.57. The average Bonchev–Trinajstić information content (AvgIpc) is 2.46. The molecule has 0 saturated carbocycles. The van der Waals surface area contributed by atoms with Crippen molar-refractivity contribution in [2.75, 3.05) is 26.0 Å². The van der Waals surface area contributed by atoms with Gasteiger partial charge >= 0.3 is 0 Å². The minimum absolute atomic E-state index is 0.0634. The number of hydrogen-bond donors (Lipinski definition) is 2. The second-order valence-corrected chi connectivity index (χ2v) is 5.15. The van der Waals surface area contributed by atoms with E-state index in [1.165, 1.54) is 18.4 Å². The number of likely N-dealkylation sites (N-methyl/N-ethyl adjacent to an activating group) is 2. The lowest BCUT2D eigenvalue weighted by molar-refractivity contribution is -0.120. The molecule has 0 aliphatic carbocycles. The van der Waals surface area contributed by atoms with E-state index < -0.39 is 0 Å². The summed E-state index contributed by atoms with van der Waals surface area (Å²) in [4.78, 5) is 13.0. The first-order chi connectivity index (χ1) is 9.56. The number of unbranched alkanes of at least 4 members (excludes halogenated alkanes) is 1. The molecule has 1 aromatic carbocycles. The number of anilines is 1. The summed E-state index contributed by atoms with van der Waals surface area (Å²) in [5.74, 6) is -0.0634. The fraction of sp³-hybridized carbons (Fsp3) is 0.467. The molecule has 1 amide bonds. The van der Waals surface area contributed by atoms with Crippen LogP contribution in [-0.4, -0.2) is 36.6 Å². The fourth-order valence-electron chi connectivity index (χ4n) is 1.72. The van der Waals surface area contributed by atoms with Crippen molar-refractivity contribution in [2.45, 2.75) is 26.2 Å². The lowest BCUT2D eigenvalue weighted by Crippen LogP contribution is -2.39. The van der Waals surface area contributed by atoms with Crippen molar-refractivity contribution >= 4 is 28.9 Å². The first-order valence-electron chi connectivity index (χ1n) is 6.88. The van der Waals surface area contributed by atoms with Gasteiger partial charge in [0, 0.05) is 19.8 Å². The molecule has 0 aliphatic heterocycles. The first-order valence-corrected chi connectivity index (χ1v) is 7.29. The highest BCUT2D eigenvalue weighted by Crippen LogP contribution is 2.12. The van der Waals surface area contributed by atoms with Gasteiger partial charge in [0.15, 0.2) is 5.11 Å². The quantitative estimate of drug-likeness (QED) is 0.791. The zero-order valence-corrected chi connectivity index (χ0v) is 13.2. The summed E-state index contributed by atoms with van der Waals surface area (Å²) >= 11 is 5.26. The van der Waals surface area contributed by atoms with E-state index in [4.69, 9.17) is 12.2 Å². The molecule has 0 radical (unpaired) electrons. The number of hydrogen-bond acceptors (Lipinski definition) is 2. The van der Waals surface area contributed by atoms with Crippen LogP contribution in [0.25, 0.3) is 0 Å². The van der Waals surface area contributed by atoms with Gasteiger partial charge in [0.25, 0.3) is 0 Å². The van der Waals surface area contributed by atoms with Crippen molar-refractivity contribution in [3.8, 4) is 0 Å². The molecule has 0 spiro atoms. The lowest BCUT2D eigenvalue weighted by atomic mass is 10.1. The fourth-order valence-corrected chi connectivity index (χ4v) is 1.90. The molecule has 0 saturated heterocycles. The number of nitrogens with one attached hydrogen (secondary N) is 2. The zero-order valence-electron chi connectivity index (χ0n) is 12.4. The standard InChI is InChI=1S/C15H23N3OS/c1-4-5-6-12-7-9-13(10-8-12)17-15(20)18(3)11-14(19)16-2/h7-10H,4-6,11H2,1-3H3,(H,16,19)(H,17,20). The highest BCUT2D eigenvalue weighted by molar-refractivity contribution is 7.80. The summed E-state index contributed by atoms with van der Waals surface area (Å²) in [5, 5.41) is 6.24. The van der Waals surface area contributed by atoms with E-state index in [0.717, 1.165) is 12.1 Å². The average molecular weight is 293 g/mol. The van der Waals surface area contributed by atoms with E-state index in [9.17, 15) is 4.79 Å². The van der Waals surface area contributed by atoms with Gasteiger partial charge in [0.2, 0.25) is 5.91 Å². The van der Waals surface area contributed by atoms with E-state index >= 15 is 0 Å². The van der Waals surface area contributed by atoms with Gasteiger partial charge in [0.1, 0.15) is 0 Å². The predicted molar refractivity (Wildman–Crippen MR) is 88.0 cm³/mol. The topological polar surface area (TPSA) is 44.4 Å². The molecular formula is C15H23N3OS. The van der Waals surface area contributed by atoms with Crippen LogP contribution in [0.2, 0.25) is 0 Å². The third-order valence-corrected chi connectivity index (χ3v) is 3.44. The van der Waals surface area contributed by atoms with Crippen molar-refractivity contribution in [3.05, 3.63) is 29.8 Å². The van der Waals surface area contributed by atoms with Crippen molar-refractivity contribution in [1.82, 2.24) is 10.2 Å². The van der Waals surface area contributed by atoms with Gasteiger partial charge in [-0.05, 0) is 42.8 Å². The predicted octanol–water partition coefficient (Wildman–Crippen LogP) is 2.40. The SMILES string of the molecule is CCCCc1ccc(NC(=S)N(C)CC(=O)NC)cc1. The lowest BCUT2D eigenvalue weighted by Gasteiger charge is -2.20. The molecule has 0 aliphatic rings. The van der Waals surface area contributed by atoms with Crippen LogP contribution in [0.5, 0.6) is 0 Å². The molecule has 5 heteroatoms. The van der Waals surface area contributed by atoms with Gasteiger partial charge < -0.3 is 15.5 Å². The maximum absolute atomic E-state index is 11.3. The summed E-state index contributed by atoms with van der Waals surface area (Å²) in [6, 6.07) is 8.26. The highest BCUT2D eigenvalue weighted by atomic mass is 32.1. The van der Waals surface area contributed by atoms with E-state index in [0.29, 0.717) is 5.11 Å². The zero-order chi connectivity index (χ0) is 15.0. The van der Waals surface area contributed by atoms with Crippen molar-refractivity contribution in [3.63, 3.8) is 0 Å². The molecule has 0 atom stereocenters. The van der Waals surface area contributed by atoms with Gasteiger partial charge in [0.05, 0.1) is 6.54 Å². The van der Waals surface area contributed by atoms with E-state index in [1.54, 1.807) is 19.0 Å². The van der Waals surface area contributed by atoms with E-state index in [1.807, 2.05) is 12.1 Å². The summed E-state index contributed by atoms with van der Waals surface area (Å²) in [5.41, 5.74) is 2.28. The van der Waals surface area contributed by atoms with Crippen molar-refractivity contribution < 1.29 is 4.79 Å². The number of amides is 1. The van der Waals surface area contributed by atoms with Gasteiger partial charge in [-0.3, -0.25) is 4.79 Å². The molecule has 0 unspecified atom stereocenters. The summed E-state index contributed by atoms with van der Waals surface area (Å²) < 4.78 is 0. The molecule has 110 valence electrons. The van der Waals surface area contributed by atoms with Crippen LogP contribution in [0.1, 0.15) is 25.3 Å². The smallest absolute Gasteiger partial charge is 0.239 e. The monoisotopic (exact) mass is 293 g/mol. The molecule has 4 nitrogen and oxygen atoms in total. The highest BCUT2D eigenvalue weighted by Gasteiger charge is 2.08.